The summed E-state index contributed by atoms with van der Waals surface area (Å²) in [4.78, 5) is 65.5. The standard InChI is InChI=1S/C23H17N5O11S2.C18H14N4O11S2.Cr/c1-11-2-5-18(29)16(6-11)25-24-13-4-3-12-7-19(40(34,35)36)21(22(30)15(12)8-13)27-26-17-9-14(28(32)33)10-20(23(17)31)41(37,38)39;1-8(23)19-10-3-2-9-4-15(35(31,32)33)16(17(24)12(9)5-10)21-20-13-6-11(34(28,29)30)7-14(18(13)25)22(26)27;/h2-10,24,26,31H,1H3,(H,34,35,36)(H,37,38,39);2-7,20,25H,1H3,(H,19,23)(H,28,29,30)(H,31,32,33);/p+5/b25-16-,27-21+;21-16-;. The SMILES string of the molecule is CC(=O)Nc1ccc2c(c1)C(=O)/C(=N\Nc1cc(S(=O)(=O)O)cc([N+](=O)[O-])c1O)C(S(=O)(=O)O)=C2.CC1=C/C(=N/Nc2ccc3c(c2)C(=O)/C(=N/Nc2cc([N+](=O)[O-])cc(S(=O)(=O)O)c2O)C(S(=O)(=O)O)=C3)C(=O)C=C1.[Cr].[H+].[H+].[H+].[H+].[H+]. The Balaban J connectivity index is 0.00000151. The number of Topliss-reactive ketones (excluding diaryl/α,β-unsaturated/α-hetero) is 2. The van der Waals surface area contributed by atoms with Gasteiger partial charge in [-0.3, -0.25) is 73.9 Å². The van der Waals surface area contributed by atoms with E-state index in [1.165, 1.54) is 55.5 Å². The first-order valence-electron chi connectivity index (χ1n) is 20.1. The topological polar surface area (TPSA) is 498 Å². The number of non-ortho nitro benzene ring substituents is 1. The predicted octanol–water partition coefficient (Wildman–Crippen LogP) is 4.25. The van der Waals surface area contributed by atoms with Gasteiger partial charge < -0.3 is 15.5 Å². The number of hydrazone groups is 3. The number of nitro benzene ring substituents is 2. The maximum atomic E-state index is 13.3. The molecular weight excluding hydrogens is 1150 g/mol. The number of hydrogen-bond acceptors (Lipinski definition) is 24. The van der Waals surface area contributed by atoms with Gasteiger partial charge in [0, 0.05) is 59.3 Å². The normalized spacial score (nSPS) is 15.9. The summed E-state index contributed by atoms with van der Waals surface area (Å²) in [5.74, 6) is -5.37. The molecule has 77 heavy (non-hydrogen) atoms. The molecule has 0 aliphatic heterocycles. The van der Waals surface area contributed by atoms with Crippen molar-refractivity contribution >= 4 is 127 Å². The zero-order valence-electron chi connectivity index (χ0n) is 43.2. The monoisotopic (exact) mass is 1190 g/mol. The second-order valence-electron chi connectivity index (χ2n) is 15.4. The number of carbonyl (C=O) groups is 4. The summed E-state index contributed by atoms with van der Waals surface area (Å²) in [6, 6.07) is 9.69. The van der Waals surface area contributed by atoms with Crippen LogP contribution in [0.1, 0.15) is 52.8 Å². The Morgan fingerprint density at radius 2 is 1.12 bits per heavy atom. The van der Waals surface area contributed by atoms with E-state index in [1.807, 2.05) is 10.9 Å². The number of carbonyl (C=O) groups excluding carboxylic acids is 4. The molecule has 0 saturated heterocycles. The van der Waals surface area contributed by atoms with Crippen molar-refractivity contribution in [3.05, 3.63) is 137 Å². The molecule has 4 aromatic carbocycles. The molecule has 7 rings (SSSR count). The number of hydrogen-bond donors (Lipinski definition) is 10. The molecule has 0 bridgehead atoms. The number of amides is 1. The first kappa shape index (κ1) is 59.2. The van der Waals surface area contributed by atoms with Crippen molar-refractivity contribution in [1.29, 1.82) is 0 Å². The average molecular weight is 1190 g/mol. The molecule has 0 radical (unpaired) electrons. The van der Waals surface area contributed by atoms with Crippen LogP contribution in [0.25, 0.3) is 12.2 Å². The van der Waals surface area contributed by atoms with E-state index in [-0.39, 0.29) is 69.6 Å². The summed E-state index contributed by atoms with van der Waals surface area (Å²) in [6.07, 6.45) is 6.24. The summed E-state index contributed by atoms with van der Waals surface area (Å²) in [5, 5.41) is 56.2. The molecular formula is C41H36CrN9O22S4+5. The van der Waals surface area contributed by atoms with E-state index >= 15 is 0 Å². The minimum atomic E-state index is -5.17. The Labute approximate surface area is 449 Å². The van der Waals surface area contributed by atoms with Crippen LogP contribution in [-0.4, -0.2) is 112 Å². The van der Waals surface area contributed by atoms with Gasteiger partial charge in [-0.2, -0.15) is 49.0 Å². The van der Waals surface area contributed by atoms with Gasteiger partial charge in [-0.25, -0.2) is 0 Å². The number of aromatic hydroxyl groups is 2. The Morgan fingerprint density at radius 3 is 1.58 bits per heavy atom. The van der Waals surface area contributed by atoms with E-state index in [1.54, 1.807) is 13.0 Å². The first-order chi connectivity index (χ1) is 35.1. The van der Waals surface area contributed by atoms with E-state index in [0.29, 0.717) is 24.3 Å². The quantitative estimate of drug-likeness (QED) is 0.0294. The molecule has 36 heteroatoms. The molecule has 402 valence electrons. The van der Waals surface area contributed by atoms with Gasteiger partial charge in [-0.1, -0.05) is 18.2 Å². The van der Waals surface area contributed by atoms with Crippen LogP contribution >= 0.6 is 0 Å². The molecule has 1 amide bonds. The smallest absolute Gasteiger partial charge is 0.504 e. The number of fused-ring (bicyclic) bond motifs is 2. The summed E-state index contributed by atoms with van der Waals surface area (Å²) < 4.78 is 132. The number of ketones is 3. The van der Waals surface area contributed by atoms with E-state index in [4.69, 9.17) is 0 Å². The third-order valence-electron chi connectivity index (χ3n) is 10.0. The molecule has 0 aromatic heterocycles. The van der Waals surface area contributed by atoms with Gasteiger partial charge >= 0.3 is 12.8 Å². The van der Waals surface area contributed by atoms with E-state index < -0.39 is 133 Å². The average Bonchev–Trinajstić information content (AvgIpc) is 3.30. The van der Waals surface area contributed by atoms with E-state index in [0.717, 1.165) is 17.7 Å². The van der Waals surface area contributed by atoms with Crippen LogP contribution in [-0.2, 0) is 67.4 Å². The van der Waals surface area contributed by atoms with Crippen LogP contribution in [0.15, 0.2) is 119 Å². The first-order valence-corrected chi connectivity index (χ1v) is 25.9. The number of nitrogens with zero attached hydrogens (tertiary/aromatic N) is 5. The fraction of sp³-hybridized carbons (Fsp3) is 0.0488. The molecule has 0 fully saturated rings. The summed E-state index contributed by atoms with van der Waals surface area (Å²) in [7, 11) is -20.3. The molecule has 31 nitrogen and oxygen atoms in total. The maximum Gasteiger partial charge on any atom is 1.00 e. The zero-order chi connectivity index (χ0) is 56.6. The fourth-order valence-corrected chi connectivity index (χ4v) is 9.10. The number of benzene rings is 4. The largest absolute Gasteiger partial charge is 1.00 e. The predicted molar refractivity (Wildman–Crippen MR) is 271 cm³/mol. The molecule has 3 aliphatic rings. The van der Waals surface area contributed by atoms with Crippen LogP contribution < -0.4 is 21.6 Å². The van der Waals surface area contributed by atoms with Crippen molar-refractivity contribution < 1.29 is 116 Å². The second-order valence-corrected chi connectivity index (χ2v) is 21.0. The third kappa shape index (κ3) is 13.6. The summed E-state index contributed by atoms with van der Waals surface area (Å²) in [6.45, 7) is 2.96. The van der Waals surface area contributed by atoms with Crippen molar-refractivity contribution in [3.8, 4) is 11.5 Å². The molecule has 0 heterocycles. The van der Waals surface area contributed by atoms with Crippen molar-refractivity contribution in [2.45, 2.75) is 23.6 Å². The van der Waals surface area contributed by atoms with Crippen molar-refractivity contribution in [2.24, 2.45) is 15.3 Å². The van der Waals surface area contributed by atoms with Gasteiger partial charge in [0.1, 0.15) is 36.7 Å². The minimum absolute atomic E-state index is 0. The van der Waals surface area contributed by atoms with Gasteiger partial charge in [-0.05, 0) is 78.3 Å². The van der Waals surface area contributed by atoms with Crippen molar-refractivity contribution in [1.82, 2.24) is 0 Å². The Kier molecular flexibility index (Phi) is 17.1. The Hall–Kier alpha value is -8.70. The van der Waals surface area contributed by atoms with Crippen molar-refractivity contribution in [2.75, 3.05) is 21.6 Å². The molecule has 0 saturated carbocycles. The number of nitrogens with one attached hydrogen (secondary N) is 4. The number of nitro groups is 2. The molecule has 4 aromatic rings. The Bertz CT molecular complexity index is 4050. The zero-order valence-corrected chi connectivity index (χ0v) is 42.7. The van der Waals surface area contributed by atoms with Crippen LogP contribution in [0.2, 0.25) is 0 Å². The van der Waals surface area contributed by atoms with Gasteiger partial charge in [0.25, 0.3) is 46.2 Å². The molecule has 10 N–H and O–H groups in total. The van der Waals surface area contributed by atoms with Crippen LogP contribution in [0.4, 0.5) is 34.1 Å². The molecule has 0 spiro atoms. The molecule has 0 unspecified atom stereocenters. The Morgan fingerprint density at radius 1 is 0.610 bits per heavy atom. The van der Waals surface area contributed by atoms with E-state index in [9.17, 15) is 102 Å². The van der Waals surface area contributed by atoms with Gasteiger partial charge in [0.2, 0.25) is 29.0 Å². The molecule has 3 aliphatic carbocycles. The van der Waals surface area contributed by atoms with E-state index in [2.05, 4.69) is 26.0 Å². The van der Waals surface area contributed by atoms with Gasteiger partial charge in [0.05, 0.1) is 15.5 Å². The van der Waals surface area contributed by atoms with Crippen LogP contribution in [0.3, 0.4) is 0 Å². The van der Waals surface area contributed by atoms with Gasteiger partial charge in [0.15, 0.2) is 17.2 Å². The number of phenolic OH excluding ortho intramolecular Hbond substituents is 2. The molecule has 0 atom stereocenters. The second kappa shape index (κ2) is 22.3. The third-order valence-corrected chi connectivity index (χ3v) is 13.5. The van der Waals surface area contributed by atoms with Crippen LogP contribution in [0.5, 0.6) is 11.5 Å². The number of phenols is 2. The van der Waals surface area contributed by atoms with Crippen molar-refractivity contribution in [3.63, 3.8) is 0 Å². The maximum absolute atomic E-state index is 13.3. The summed E-state index contributed by atoms with van der Waals surface area (Å²) >= 11 is 0. The number of rotatable bonds is 13. The number of anilines is 4. The van der Waals surface area contributed by atoms with Gasteiger partial charge in [-0.15, -0.1) is 0 Å². The fourth-order valence-electron chi connectivity index (χ4n) is 6.63. The minimum Gasteiger partial charge on any atom is -0.504 e. The summed E-state index contributed by atoms with van der Waals surface area (Å²) in [5.41, 5.74) is 2.01. The van der Waals surface area contributed by atoms with Crippen LogP contribution in [0, 0.1) is 20.2 Å². The number of allylic oxidation sites excluding steroid dienone is 6.